The first-order chi connectivity index (χ1) is 13.5. The summed E-state index contributed by atoms with van der Waals surface area (Å²) < 4.78 is 21.1. The second-order valence-electron chi connectivity index (χ2n) is 6.28. The van der Waals surface area contributed by atoms with Gasteiger partial charge in [-0.2, -0.15) is 9.97 Å². The zero-order chi connectivity index (χ0) is 19.8. The molecule has 2 N–H and O–H groups in total. The predicted octanol–water partition coefficient (Wildman–Crippen LogP) is 2.77. The van der Waals surface area contributed by atoms with Crippen molar-refractivity contribution in [1.82, 2.24) is 19.5 Å². The number of aliphatic hydroxyl groups excluding tert-OH is 1. The molecule has 11 heteroatoms. The predicted molar refractivity (Wildman–Crippen MR) is 99.5 cm³/mol. The van der Waals surface area contributed by atoms with Gasteiger partial charge in [-0.3, -0.25) is 4.57 Å². The zero-order valence-electron chi connectivity index (χ0n) is 14.3. The number of aliphatic hydroxyl groups is 1. The molecule has 1 aliphatic rings. The van der Waals surface area contributed by atoms with E-state index in [1.165, 1.54) is 10.9 Å². The molecular formula is C17H15Cl2FN5O3. The fraction of sp³-hybridized carbons (Fsp3) is 0.353. The minimum Gasteiger partial charge on any atom is -0.387 e. The van der Waals surface area contributed by atoms with Gasteiger partial charge in [0.2, 0.25) is 5.28 Å². The van der Waals surface area contributed by atoms with E-state index < -0.39 is 31.2 Å². The monoisotopic (exact) mass is 426 g/mol. The summed E-state index contributed by atoms with van der Waals surface area (Å²) in [4.78, 5) is 12.5. The maximum atomic E-state index is 14.5. The third-order valence-electron chi connectivity index (χ3n) is 4.53. The maximum Gasteiger partial charge on any atom is 0.226 e. The highest BCUT2D eigenvalue weighted by Gasteiger charge is 2.45. The topological polar surface area (TPSA) is 105 Å². The van der Waals surface area contributed by atoms with Crippen LogP contribution in [0.15, 0.2) is 30.6 Å². The molecule has 0 unspecified atom stereocenters. The van der Waals surface area contributed by atoms with E-state index in [1.807, 2.05) is 18.2 Å². The van der Waals surface area contributed by atoms with E-state index in [0.717, 1.165) is 5.56 Å². The number of aromatic nitrogens is 4. The molecule has 0 bridgehead atoms. The number of halogens is 3. The van der Waals surface area contributed by atoms with Gasteiger partial charge in [0, 0.05) is 11.6 Å². The Bertz CT molecular complexity index is 1000. The third kappa shape index (κ3) is 3.40. The minimum absolute atomic E-state index is 0.0785. The van der Waals surface area contributed by atoms with Crippen molar-refractivity contribution in [2.75, 3.05) is 11.9 Å². The van der Waals surface area contributed by atoms with Gasteiger partial charge in [0.25, 0.3) is 0 Å². The van der Waals surface area contributed by atoms with E-state index in [9.17, 15) is 14.6 Å². The molecule has 2 aromatic heterocycles. The van der Waals surface area contributed by atoms with Crippen LogP contribution in [0.2, 0.25) is 10.3 Å². The number of ether oxygens (including phenoxy) is 1. The fourth-order valence-electron chi connectivity index (χ4n) is 3.09. The number of fused-ring (bicyclic) bond motifs is 1. The molecule has 3 heterocycles. The van der Waals surface area contributed by atoms with Gasteiger partial charge in [0.05, 0.1) is 6.33 Å². The van der Waals surface area contributed by atoms with Crippen molar-refractivity contribution in [3.05, 3.63) is 46.5 Å². The molecule has 0 aliphatic carbocycles. The number of nitrogens with zero attached hydrogens (tertiary/aromatic N) is 4. The Morgan fingerprint density at radius 3 is 2.79 bits per heavy atom. The number of hydrogen-bond donors (Lipinski definition) is 2. The maximum absolute atomic E-state index is 14.5. The van der Waals surface area contributed by atoms with Gasteiger partial charge in [-0.25, -0.2) is 14.5 Å². The average Bonchev–Trinajstić information content (AvgIpc) is 3.22. The van der Waals surface area contributed by atoms with Gasteiger partial charge in [-0.05, 0) is 23.2 Å². The van der Waals surface area contributed by atoms with Crippen molar-refractivity contribution in [3.63, 3.8) is 0 Å². The first-order valence-corrected chi connectivity index (χ1v) is 9.18. The number of imidazole rings is 1. The molecule has 4 rings (SSSR count). The summed E-state index contributed by atoms with van der Waals surface area (Å²) in [6.45, 7) is -0.400. The Morgan fingerprint density at radius 1 is 1.29 bits per heavy atom. The number of benzene rings is 1. The van der Waals surface area contributed by atoms with Crippen LogP contribution in [0.25, 0.3) is 11.2 Å². The second-order valence-corrected chi connectivity index (χ2v) is 7.02. The summed E-state index contributed by atoms with van der Waals surface area (Å²) >= 11 is 12.2. The highest BCUT2D eigenvalue weighted by molar-refractivity contribution is 6.31. The molecule has 1 aliphatic heterocycles. The standard InChI is InChI=1S/C17H15Cl2FN5O3/c18-9-4-2-1-3-8(9)5-21-14-12-15(24-17(19)23-14)25(7-22-12)16-11(20)13(27)10(6-26)28-16/h1-4,7,10-11,13,16,27H,5-6H2,(H,21,23,24)/t10-,11+,13-,16-/m1/s1. The molecule has 3 aromatic rings. The van der Waals surface area contributed by atoms with Crippen molar-refractivity contribution in [2.24, 2.45) is 0 Å². The van der Waals surface area contributed by atoms with Crippen LogP contribution in [0.1, 0.15) is 11.8 Å². The van der Waals surface area contributed by atoms with E-state index in [2.05, 4.69) is 20.3 Å². The van der Waals surface area contributed by atoms with E-state index in [1.54, 1.807) is 6.07 Å². The minimum atomic E-state index is -1.80. The number of alkyl halides is 1. The molecule has 0 spiro atoms. The average molecular weight is 427 g/mol. The van der Waals surface area contributed by atoms with Crippen LogP contribution < -0.4 is 5.32 Å². The lowest BCUT2D eigenvalue weighted by atomic mass is 10.1. The molecule has 147 valence electrons. The van der Waals surface area contributed by atoms with Gasteiger partial charge < -0.3 is 15.2 Å². The lowest BCUT2D eigenvalue weighted by Gasteiger charge is -2.15. The van der Waals surface area contributed by atoms with Gasteiger partial charge in [0.1, 0.15) is 18.8 Å². The summed E-state index contributed by atoms with van der Waals surface area (Å²) in [5.74, 6) is 0.336. The largest absolute Gasteiger partial charge is 0.387 e. The van der Waals surface area contributed by atoms with Crippen molar-refractivity contribution in [1.29, 1.82) is 0 Å². The van der Waals surface area contributed by atoms with Crippen LogP contribution in [0.4, 0.5) is 10.2 Å². The summed E-state index contributed by atoms with van der Waals surface area (Å²) in [7, 11) is 0. The van der Waals surface area contributed by atoms with Gasteiger partial charge in [-0.15, -0.1) is 0 Å². The molecule has 1 aromatic carbocycles. The highest BCUT2D eigenvalue weighted by Crippen LogP contribution is 2.34. The van der Waals surface area contributed by atoms with Crippen LogP contribution in [-0.2, 0) is 16.4 Å². The summed E-state index contributed by atoms with van der Waals surface area (Å²) in [5, 5.41) is 24.5. The first-order valence-electron chi connectivity index (χ1n) is 8.42. The quantitative estimate of drug-likeness (QED) is 0.607. The molecule has 0 saturated carbocycles. The summed E-state index contributed by atoms with van der Waals surface area (Å²) in [6.07, 6.45) is -4.39. The second kappa shape index (κ2) is 7.76. The summed E-state index contributed by atoms with van der Waals surface area (Å²) in [5.41, 5.74) is 1.40. The Kier molecular flexibility index (Phi) is 5.35. The van der Waals surface area contributed by atoms with Crippen LogP contribution in [0.3, 0.4) is 0 Å². The van der Waals surface area contributed by atoms with Crippen LogP contribution in [-0.4, -0.2) is 49.6 Å². The fourth-order valence-corrected chi connectivity index (χ4v) is 3.45. The third-order valence-corrected chi connectivity index (χ3v) is 5.07. The smallest absolute Gasteiger partial charge is 0.226 e. The van der Waals surface area contributed by atoms with E-state index in [0.29, 0.717) is 22.9 Å². The lowest BCUT2D eigenvalue weighted by Crippen LogP contribution is -2.30. The summed E-state index contributed by atoms with van der Waals surface area (Å²) in [6, 6.07) is 7.31. The van der Waals surface area contributed by atoms with Crippen molar-refractivity contribution >= 4 is 40.2 Å². The Balaban J connectivity index is 1.66. The lowest BCUT2D eigenvalue weighted by molar-refractivity contribution is -0.0593. The van der Waals surface area contributed by atoms with Crippen LogP contribution in [0.5, 0.6) is 0 Å². The highest BCUT2D eigenvalue weighted by atomic mass is 35.5. The van der Waals surface area contributed by atoms with E-state index in [-0.39, 0.29) is 10.9 Å². The molecule has 0 amide bonds. The molecule has 1 fully saturated rings. The first kappa shape index (κ1) is 19.3. The Hall–Kier alpha value is -2.04. The number of nitrogens with one attached hydrogen (secondary N) is 1. The van der Waals surface area contributed by atoms with Gasteiger partial charge >= 0.3 is 0 Å². The molecule has 28 heavy (non-hydrogen) atoms. The van der Waals surface area contributed by atoms with E-state index in [4.69, 9.17) is 27.9 Å². The van der Waals surface area contributed by atoms with Gasteiger partial charge in [0.15, 0.2) is 29.4 Å². The number of anilines is 1. The van der Waals surface area contributed by atoms with Crippen LogP contribution >= 0.6 is 23.2 Å². The molecular weight excluding hydrogens is 412 g/mol. The molecule has 1 saturated heterocycles. The Morgan fingerprint density at radius 2 is 2.07 bits per heavy atom. The van der Waals surface area contributed by atoms with Crippen molar-refractivity contribution in [2.45, 2.75) is 31.2 Å². The molecule has 1 radical (unpaired) electrons. The number of rotatable bonds is 5. The number of hydrogen-bond acceptors (Lipinski definition) is 6. The van der Waals surface area contributed by atoms with Gasteiger partial charge in [-0.1, -0.05) is 29.8 Å². The Labute approximate surface area is 168 Å². The molecule has 4 atom stereocenters. The van der Waals surface area contributed by atoms with Crippen LogP contribution in [0, 0.1) is 0 Å². The normalized spacial score (nSPS) is 24.8. The van der Waals surface area contributed by atoms with Crippen molar-refractivity contribution < 1.29 is 19.3 Å². The van der Waals surface area contributed by atoms with Crippen molar-refractivity contribution in [3.8, 4) is 0 Å². The molecule has 8 nitrogen and oxygen atoms in total. The zero-order valence-corrected chi connectivity index (χ0v) is 15.8. The van der Waals surface area contributed by atoms with E-state index >= 15 is 0 Å². The SMILES string of the molecule is [O]C[C@H]1O[C@@H](n2cnc3c(NCc4ccccc4Cl)nc(Cl)nc32)[C@@H](F)[C@@H]1O.